The highest BCUT2D eigenvalue weighted by molar-refractivity contribution is 5.33. The van der Waals surface area contributed by atoms with E-state index in [0.29, 0.717) is 18.5 Å². The number of benzene rings is 1. The Morgan fingerprint density at radius 2 is 2.11 bits per heavy atom. The summed E-state index contributed by atoms with van der Waals surface area (Å²) in [5, 5.41) is 3.23. The molecule has 0 aromatic heterocycles. The second kappa shape index (κ2) is 7.67. The van der Waals surface area contributed by atoms with Gasteiger partial charge in [0.1, 0.15) is 5.75 Å². The fourth-order valence-electron chi connectivity index (χ4n) is 1.62. The van der Waals surface area contributed by atoms with Gasteiger partial charge in [-0.3, -0.25) is 0 Å². The lowest BCUT2D eigenvalue weighted by Crippen LogP contribution is -2.27. The molecule has 98 valence electrons. The summed E-state index contributed by atoms with van der Waals surface area (Å²) in [6, 6.07) is 6.94. The molecular formula is C14H17F2NO. The van der Waals surface area contributed by atoms with Crippen LogP contribution in [-0.4, -0.2) is 12.7 Å². The minimum atomic E-state index is -2.81. The summed E-state index contributed by atoms with van der Waals surface area (Å²) in [5.74, 6) is 2.79. The quantitative estimate of drug-likeness (QED) is 0.753. The predicted molar refractivity (Wildman–Crippen MR) is 67.4 cm³/mol. The van der Waals surface area contributed by atoms with Crippen molar-refractivity contribution in [1.29, 1.82) is 0 Å². The fraction of sp³-hybridized carbons (Fsp3) is 0.429. The molecule has 0 heterocycles. The van der Waals surface area contributed by atoms with E-state index in [2.05, 4.69) is 16.0 Å². The zero-order chi connectivity index (χ0) is 13.4. The van der Waals surface area contributed by atoms with Crippen LogP contribution in [0.4, 0.5) is 8.78 Å². The molecule has 2 nitrogen and oxygen atoms in total. The van der Waals surface area contributed by atoms with Crippen molar-refractivity contribution in [3.63, 3.8) is 0 Å². The maximum Gasteiger partial charge on any atom is 0.387 e. The van der Waals surface area contributed by atoms with Gasteiger partial charge in [0, 0.05) is 24.6 Å². The van der Waals surface area contributed by atoms with Crippen molar-refractivity contribution in [1.82, 2.24) is 5.32 Å². The molecule has 0 spiro atoms. The van der Waals surface area contributed by atoms with Crippen LogP contribution in [0.15, 0.2) is 24.3 Å². The normalized spacial score (nSPS) is 12.2. The first-order valence-corrected chi connectivity index (χ1v) is 5.87. The molecule has 0 saturated heterocycles. The lowest BCUT2D eigenvalue weighted by molar-refractivity contribution is -0.0505. The summed E-state index contributed by atoms with van der Waals surface area (Å²) in [4.78, 5) is 0. The smallest absolute Gasteiger partial charge is 0.387 e. The van der Waals surface area contributed by atoms with Gasteiger partial charge in [0.2, 0.25) is 0 Å². The number of alkyl halides is 2. The number of hydrogen-bond donors (Lipinski definition) is 1. The number of hydrogen-bond acceptors (Lipinski definition) is 2. The Bertz CT molecular complexity index is 401. The van der Waals surface area contributed by atoms with E-state index in [4.69, 9.17) is 6.42 Å². The van der Waals surface area contributed by atoms with Crippen molar-refractivity contribution in [3.8, 4) is 18.1 Å². The molecule has 18 heavy (non-hydrogen) atoms. The lowest BCUT2D eigenvalue weighted by Gasteiger charge is -2.16. The number of nitrogens with one attached hydrogen (secondary N) is 1. The van der Waals surface area contributed by atoms with Gasteiger partial charge in [-0.15, -0.1) is 12.3 Å². The van der Waals surface area contributed by atoms with Crippen molar-refractivity contribution in [3.05, 3.63) is 29.8 Å². The van der Waals surface area contributed by atoms with Crippen molar-refractivity contribution >= 4 is 0 Å². The first-order valence-electron chi connectivity index (χ1n) is 5.87. The zero-order valence-corrected chi connectivity index (χ0v) is 10.3. The van der Waals surface area contributed by atoms with Crippen LogP contribution in [0, 0.1) is 12.3 Å². The van der Waals surface area contributed by atoms with Gasteiger partial charge >= 0.3 is 6.61 Å². The first kappa shape index (κ1) is 14.5. The highest BCUT2D eigenvalue weighted by Gasteiger charge is 2.10. The van der Waals surface area contributed by atoms with Crippen LogP contribution in [0.5, 0.6) is 5.75 Å². The molecule has 0 bridgehead atoms. The molecule has 0 fully saturated rings. The predicted octanol–water partition coefficient (Wildman–Crippen LogP) is 3.18. The van der Waals surface area contributed by atoms with E-state index in [9.17, 15) is 8.78 Å². The van der Waals surface area contributed by atoms with Crippen molar-refractivity contribution < 1.29 is 13.5 Å². The van der Waals surface area contributed by atoms with Crippen molar-refractivity contribution in [2.75, 3.05) is 0 Å². The van der Waals surface area contributed by atoms with E-state index in [0.717, 1.165) is 6.42 Å². The molecule has 0 radical (unpaired) electrons. The molecule has 0 aliphatic rings. The minimum absolute atomic E-state index is 0.189. The van der Waals surface area contributed by atoms with Gasteiger partial charge in [0.05, 0.1) is 0 Å². The van der Waals surface area contributed by atoms with E-state index in [-0.39, 0.29) is 11.8 Å². The Kier molecular flexibility index (Phi) is 6.16. The summed E-state index contributed by atoms with van der Waals surface area (Å²) in [6.45, 7) is -0.321. The summed E-state index contributed by atoms with van der Waals surface area (Å²) in [5.41, 5.74) is 0.702. The van der Waals surface area contributed by atoms with Crippen LogP contribution in [0.2, 0.25) is 0 Å². The number of rotatable bonds is 7. The minimum Gasteiger partial charge on any atom is -0.434 e. The SMILES string of the molecule is C#CCC(CC)NCc1ccccc1OC(F)F. The van der Waals surface area contributed by atoms with E-state index in [1.807, 2.05) is 6.92 Å². The molecule has 0 aliphatic carbocycles. The van der Waals surface area contributed by atoms with Gasteiger partial charge in [0.15, 0.2) is 0 Å². The van der Waals surface area contributed by atoms with Gasteiger partial charge < -0.3 is 10.1 Å². The van der Waals surface area contributed by atoms with Crippen LogP contribution >= 0.6 is 0 Å². The third-order valence-corrected chi connectivity index (χ3v) is 2.63. The van der Waals surface area contributed by atoms with E-state index in [1.165, 1.54) is 6.07 Å². The van der Waals surface area contributed by atoms with Gasteiger partial charge in [0.25, 0.3) is 0 Å². The van der Waals surface area contributed by atoms with E-state index in [1.54, 1.807) is 18.2 Å². The Hall–Kier alpha value is -1.60. The van der Waals surface area contributed by atoms with E-state index >= 15 is 0 Å². The largest absolute Gasteiger partial charge is 0.434 e. The maximum atomic E-state index is 12.2. The van der Waals surface area contributed by atoms with Gasteiger partial charge in [-0.05, 0) is 12.5 Å². The maximum absolute atomic E-state index is 12.2. The summed E-state index contributed by atoms with van der Waals surface area (Å²) < 4.78 is 28.9. The lowest BCUT2D eigenvalue weighted by atomic mass is 10.1. The number of para-hydroxylation sites is 1. The first-order chi connectivity index (χ1) is 8.67. The zero-order valence-electron chi connectivity index (χ0n) is 10.3. The van der Waals surface area contributed by atoms with Gasteiger partial charge in [-0.2, -0.15) is 8.78 Å². The number of ether oxygens (including phenoxy) is 1. The monoisotopic (exact) mass is 253 g/mol. The molecule has 1 atom stereocenters. The van der Waals surface area contributed by atoms with Crippen LogP contribution in [-0.2, 0) is 6.54 Å². The van der Waals surface area contributed by atoms with Crippen molar-refractivity contribution in [2.24, 2.45) is 0 Å². The Balaban J connectivity index is 2.63. The Morgan fingerprint density at radius 3 is 2.72 bits per heavy atom. The van der Waals surface area contributed by atoms with Crippen molar-refractivity contribution in [2.45, 2.75) is 39.0 Å². The van der Waals surface area contributed by atoms with Gasteiger partial charge in [-0.1, -0.05) is 25.1 Å². The Labute approximate surface area is 106 Å². The average molecular weight is 253 g/mol. The molecule has 1 rings (SSSR count). The van der Waals surface area contributed by atoms with Gasteiger partial charge in [-0.25, -0.2) is 0 Å². The van der Waals surface area contributed by atoms with Crippen LogP contribution in [0.25, 0.3) is 0 Å². The molecule has 0 amide bonds. The highest BCUT2D eigenvalue weighted by Crippen LogP contribution is 2.20. The highest BCUT2D eigenvalue weighted by atomic mass is 19.3. The second-order valence-electron chi connectivity index (χ2n) is 3.88. The number of terminal acetylenes is 1. The van der Waals surface area contributed by atoms with Crippen LogP contribution in [0.3, 0.4) is 0 Å². The molecule has 1 unspecified atom stereocenters. The molecule has 1 aromatic rings. The molecule has 4 heteroatoms. The third kappa shape index (κ3) is 4.72. The molecule has 0 saturated carbocycles. The molecule has 1 aromatic carbocycles. The summed E-state index contributed by atoms with van der Waals surface area (Å²) in [7, 11) is 0. The molecule has 1 N–H and O–H groups in total. The second-order valence-corrected chi connectivity index (χ2v) is 3.88. The van der Waals surface area contributed by atoms with Crippen LogP contribution in [0.1, 0.15) is 25.3 Å². The molecule has 0 aliphatic heterocycles. The fourth-order valence-corrected chi connectivity index (χ4v) is 1.62. The molecular weight excluding hydrogens is 236 g/mol. The topological polar surface area (TPSA) is 21.3 Å². The summed E-state index contributed by atoms with van der Waals surface area (Å²) >= 11 is 0. The number of halogens is 2. The summed E-state index contributed by atoms with van der Waals surface area (Å²) in [6.07, 6.45) is 6.77. The average Bonchev–Trinajstić information content (AvgIpc) is 2.35. The van der Waals surface area contributed by atoms with Crippen LogP contribution < -0.4 is 10.1 Å². The third-order valence-electron chi connectivity index (χ3n) is 2.63. The standard InChI is InChI=1S/C14H17F2NO/c1-3-7-12(4-2)17-10-11-8-5-6-9-13(11)18-14(15)16/h1,5-6,8-9,12,14,17H,4,7,10H2,2H3. The Morgan fingerprint density at radius 1 is 1.39 bits per heavy atom. The van der Waals surface area contributed by atoms with E-state index < -0.39 is 6.61 Å².